The largest absolute Gasteiger partial charge is 0.389 e. The molecule has 2 N–H and O–H groups in total. The van der Waals surface area contributed by atoms with Gasteiger partial charge in [0.1, 0.15) is 0 Å². The van der Waals surface area contributed by atoms with Crippen molar-refractivity contribution in [2.45, 2.75) is 45.4 Å². The molecule has 1 rings (SSSR count). The van der Waals surface area contributed by atoms with Gasteiger partial charge in [0.15, 0.2) is 0 Å². The molecular weight excluding hydrogens is 262 g/mol. The molecule has 0 saturated carbocycles. The normalized spacial score (nSPS) is 14.3. The van der Waals surface area contributed by atoms with Crippen LogP contribution in [0.25, 0.3) is 0 Å². The molecule has 2 unspecified atom stereocenters. The van der Waals surface area contributed by atoms with Crippen LogP contribution < -0.4 is 5.32 Å². The number of halogens is 1. The number of nitrogens with one attached hydrogen (secondary N) is 1. The third-order valence-electron chi connectivity index (χ3n) is 2.95. The van der Waals surface area contributed by atoms with Gasteiger partial charge < -0.3 is 15.2 Å². The fraction of sp³-hybridized carbons (Fsp3) is 0.600. The molecule has 0 radical (unpaired) electrons. The first-order valence-electron chi connectivity index (χ1n) is 6.86. The predicted molar refractivity (Wildman–Crippen MR) is 79.5 cm³/mol. The molecule has 2 atom stereocenters. The third kappa shape index (κ3) is 6.92. The zero-order valence-corrected chi connectivity index (χ0v) is 12.5. The highest BCUT2D eigenvalue weighted by Gasteiger charge is 2.07. The number of benzene rings is 1. The van der Waals surface area contributed by atoms with Crippen LogP contribution in [0.2, 0.25) is 5.02 Å². The second kappa shape index (κ2) is 9.32. The van der Waals surface area contributed by atoms with Gasteiger partial charge in [0.2, 0.25) is 0 Å². The van der Waals surface area contributed by atoms with Crippen molar-refractivity contribution >= 4 is 11.6 Å². The Bertz CT molecular complexity index is 360. The van der Waals surface area contributed by atoms with E-state index in [4.69, 9.17) is 16.3 Å². The summed E-state index contributed by atoms with van der Waals surface area (Å²) < 4.78 is 5.48. The van der Waals surface area contributed by atoms with Crippen molar-refractivity contribution in [1.82, 2.24) is 5.32 Å². The van der Waals surface area contributed by atoms with Crippen molar-refractivity contribution in [2.24, 2.45) is 0 Å². The molecule has 0 aliphatic rings. The molecule has 0 amide bonds. The van der Waals surface area contributed by atoms with Gasteiger partial charge in [-0.25, -0.2) is 0 Å². The Morgan fingerprint density at radius 2 is 2.11 bits per heavy atom. The lowest BCUT2D eigenvalue weighted by molar-refractivity contribution is 0.0277. The topological polar surface area (TPSA) is 41.5 Å². The lowest BCUT2D eigenvalue weighted by Gasteiger charge is -2.16. The van der Waals surface area contributed by atoms with Crippen LogP contribution in [0.1, 0.15) is 32.3 Å². The van der Waals surface area contributed by atoms with E-state index in [9.17, 15) is 5.11 Å². The maximum absolute atomic E-state index is 9.79. The lowest BCUT2D eigenvalue weighted by atomic mass is 10.2. The summed E-state index contributed by atoms with van der Waals surface area (Å²) in [6.07, 6.45) is 1.78. The van der Waals surface area contributed by atoms with Crippen molar-refractivity contribution in [3.8, 4) is 0 Å². The summed E-state index contributed by atoms with van der Waals surface area (Å²) in [7, 11) is 0. The van der Waals surface area contributed by atoms with E-state index in [-0.39, 0.29) is 0 Å². The molecule has 108 valence electrons. The SMILES string of the molecule is CCCC(C)NCC(O)COCc1ccccc1Cl. The molecule has 0 bridgehead atoms. The van der Waals surface area contributed by atoms with Crippen LogP contribution in [0.3, 0.4) is 0 Å². The Hall–Kier alpha value is -0.610. The molecule has 0 aliphatic carbocycles. The fourth-order valence-corrected chi connectivity index (χ4v) is 2.04. The minimum absolute atomic E-state index is 0.317. The summed E-state index contributed by atoms with van der Waals surface area (Å²) in [5, 5.41) is 13.8. The molecular formula is C15H24ClNO2. The van der Waals surface area contributed by atoms with E-state index in [2.05, 4.69) is 19.2 Å². The molecule has 3 nitrogen and oxygen atoms in total. The molecule has 0 heterocycles. The van der Waals surface area contributed by atoms with Crippen molar-refractivity contribution in [1.29, 1.82) is 0 Å². The van der Waals surface area contributed by atoms with Crippen LogP contribution in [0.15, 0.2) is 24.3 Å². The van der Waals surface area contributed by atoms with E-state index in [1.54, 1.807) is 0 Å². The number of aliphatic hydroxyl groups is 1. The van der Waals surface area contributed by atoms with Gasteiger partial charge in [-0.05, 0) is 25.0 Å². The molecule has 4 heteroatoms. The average Bonchev–Trinajstić information content (AvgIpc) is 2.39. The minimum atomic E-state index is -0.484. The quantitative estimate of drug-likeness (QED) is 0.733. The Labute approximate surface area is 120 Å². The highest BCUT2D eigenvalue weighted by molar-refractivity contribution is 6.31. The fourth-order valence-electron chi connectivity index (χ4n) is 1.85. The number of ether oxygens (including phenoxy) is 1. The zero-order valence-electron chi connectivity index (χ0n) is 11.7. The monoisotopic (exact) mass is 285 g/mol. The molecule has 0 saturated heterocycles. The summed E-state index contributed by atoms with van der Waals surface area (Å²) in [5.41, 5.74) is 0.948. The summed E-state index contributed by atoms with van der Waals surface area (Å²) in [5.74, 6) is 0. The second-order valence-corrected chi connectivity index (χ2v) is 5.27. The van der Waals surface area contributed by atoms with Crippen molar-refractivity contribution < 1.29 is 9.84 Å². The number of hydrogen-bond donors (Lipinski definition) is 2. The standard InChI is InChI=1S/C15H24ClNO2/c1-3-6-12(2)17-9-14(18)11-19-10-13-7-4-5-8-15(13)16/h4-5,7-8,12,14,17-18H,3,6,9-11H2,1-2H3. The molecule has 0 fully saturated rings. The van der Waals surface area contributed by atoms with Crippen molar-refractivity contribution in [2.75, 3.05) is 13.2 Å². The van der Waals surface area contributed by atoms with E-state index in [0.717, 1.165) is 18.4 Å². The van der Waals surface area contributed by atoms with Gasteiger partial charge in [0.05, 0.1) is 19.3 Å². The molecule has 19 heavy (non-hydrogen) atoms. The first-order valence-corrected chi connectivity index (χ1v) is 7.23. The maximum atomic E-state index is 9.79. The zero-order chi connectivity index (χ0) is 14.1. The number of aliphatic hydroxyl groups excluding tert-OH is 1. The van der Waals surface area contributed by atoms with Crippen LogP contribution in [-0.4, -0.2) is 30.4 Å². The summed E-state index contributed by atoms with van der Waals surface area (Å²) in [6.45, 7) is 5.59. The highest BCUT2D eigenvalue weighted by atomic mass is 35.5. The summed E-state index contributed by atoms with van der Waals surface area (Å²) in [6, 6.07) is 8.01. The predicted octanol–water partition coefficient (Wildman–Crippen LogP) is 3.00. The van der Waals surface area contributed by atoms with Crippen LogP contribution in [0.4, 0.5) is 0 Å². The summed E-state index contributed by atoms with van der Waals surface area (Å²) >= 11 is 6.02. The van der Waals surface area contributed by atoms with E-state index >= 15 is 0 Å². The van der Waals surface area contributed by atoms with Gasteiger partial charge in [0, 0.05) is 17.6 Å². The Balaban J connectivity index is 2.17. The van der Waals surface area contributed by atoms with Gasteiger partial charge in [-0.15, -0.1) is 0 Å². The average molecular weight is 286 g/mol. The number of hydrogen-bond acceptors (Lipinski definition) is 3. The summed E-state index contributed by atoms with van der Waals surface area (Å²) in [4.78, 5) is 0. The lowest BCUT2D eigenvalue weighted by Crippen LogP contribution is -2.35. The van der Waals surface area contributed by atoms with E-state index in [1.807, 2.05) is 24.3 Å². The van der Waals surface area contributed by atoms with Crippen molar-refractivity contribution in [3.05, 3.63) is 34.9 Å². The number of rotatable bonds is 9. The van der Waals surface area contributed by atoms with Gasteiger partial charge in [-0.2, -0.15) is 0 Å². The molecule has 1 aromatic rings. The van der Waals surface area contributed by atoms with E-state index in [1.165, 1.54) is 0 Å². The van der Waals surface area contributed by atoms with Gasteiger partial charge in [-0.3, -0.25) is 0 Å². The van der Waals surface area contributed by atoms with E-state index < -0.39 is 6.10 Å². The molecule has 0 aromatic heterocycles. The van der Waals surface area contributed by atoms with Crippen LogP contribution in [0.5, 0.6) is 0 Å². The van der Waals surface area contributed by atoms with Crippen LogP contribution >= 0.6 is 11.6 Å². The van der Waals surface area contributed by atoms with Crippen LogP contribution in [0, 0.1) is 0 Å². The minimum Gasteiger partial charge on any atom is -0.389 e. The first-order chi connectivity index (χ1) is 9.13. The van der Waals surface area contributed by atoms with E-state index in [0.29, 0.717) is 30.8 Å². The Kier molecular flexibility index (Phi) is 8.07. The Morgan fingerprint density at radius 3 is 2.79 bits per heavy atom. The highest BCUT2D eigenvalue weighted by Crippen LogP contribution is 2.15. The van der Waals surface area contributed by atoms with Gasteiger partial charge in [0.25, 0.3) is 0 Å². The molecule has 0 spiro atoms. The second-order valence-electron chi connectivity index (χ2n) is 4.86. The molecule has 0 aliphatic heterocycles. The van der Waals surface area contributed by atoms with Crippen molar-refractivity contribution in [3.63, 3.8) is 0 Å². The van der Waals surface area contributed by atoms with Gasteiger partial charge in [-0.1, -0.05) is 43.1 Å². The maximum Gasteiger partial charge on any atom is 0.0897 e. The van der Waals surface area contributed by atoms with Crippen LogP contribution in [-0.2, 0) is 11.3 Å². The molecule has 1 aromatic carbocycles. The first kappa shape index (κ1) is 16.4. The third-order valence-corrected chi connectivity index (χ3v) is 3.32. The van der Waals surface area contributed by atoms with Gasteiger partial charge >= 0.3 is 0 Å². The smallest absolute Gasteiger partial charge is 0.0897 e. The Morgan fingerprint density at radius 1 is 1.37 bits per heavy atom.